The molecule has 8 aromatic carbocycles. The fourth-order valence-electron chi connectivity index (χ4n) is 10.2. The summed E-state index contributed by atoms with van der Waals surface area (Å²) in [5.41, 5.74) is 18.4. The Bertz CT molecular complexity index is 3340. The molecule has 4 heterocycles. The van der Waals surface area contributed by atoms with Crippen LogP contribution in [0.15, 0.2) is 178 Å². The molecule has 0 amide bonds. The van der Waals surface area contributed by atoms with Gasteiger partial charge in [-0.15, -0.1) is 0 Å². The monoisotopic (exact) mass is 804 g/mol. The van der Waals surface area contributed by atoms with Crippen molar-refractivity contribution in [2.45, 2.75) is 62.2 Å². The van der Waals surface area contributed by atoms with Gasteiger partial charge in [0, 0.05) is 43.0 Å². The first kappa shape index (κ1) is 36.4. The molecule has 61 heavy (non-hydrogen) atoms. The molecular formula is C56H45BN2OS. The molecule has 0 spiro atoms. The predicted octanol–water partition coefficient (Wildman–Crippen LogP) is 13.8. The van der Waals surface area contributed by atoms with E-state index in [2.05, 4.69) is 201 Å². The van der Waals surface area contributed by atoms with Gasteiger partial charge in [-0.25, -0.2) is 0 Å². The number of fused-ring (bicyclic) bond motifs is 10. The number of hydrogen-bond donors (Lipinski definition) is 0. The molecule has 294 valence electrons. The Kier molecular flexibility index (Phi) is 8.24. The number of furan rings is 1. The standard InChI is InChI=1S/C56H45BN2OS/c1-5-6-16-36-26-30-50-53(42-21-12-15-24-49(42)60-50)55(36)59-47-29-25-37(35-17-8-7-9-18-35)31-44(47)57-43-28-27-39(58-45-22-13-10-19-40(45)41-20-11-14-23-46(41)58)34-51(43)61-52-33-38(56(2,3)4)32-48(59)54(52)57/h7-15,17-34H,5-6,16H2,1-4H3. The molecule has 0 radical (unpaired) electrons. The predicted molar refractivity (Wildman–Crippen MR) is 261 cm³/mol. The third kappa shape index (κ3) is 5.60. The topological polar surface area (TPSA) is 21.3 Å². The van der Waals surface area contributed by atoms with E-state index in [1.165, 1.54) is 98.4 Å². The molecule has 10 aromatic rings. The second kappa shape index (κ2) is 13.8. The van der Waals surface area contributed by atoms with Gasteiger partial charge in [0.15, 0.2) is 0 Å². The Labute approximate surface area is 361 Å². The zero-order chi connectivity index (χ0) is 41.0. The smallest absolute Gasteiger partial charge is 0.249 e. The highest BCUT2D eigenvalue weighted by atomic mass is 32.2. The van der Waals surface area contributed by atoms with E-state index in [0.717, 1.165) is 35.8 Å². The number of aromatic nitrogens is 1. The minimum absolute atomic E-state index is 0.0387. The van der Waals surface area contributed by atoms with E-state index in [4.69, 9.17) is 4.42 Å². The molecule has 12 rings (SSSR count). The third-order valence-corrected chi connectivity index (χ3v) is 14.3. The molecule has 0 fully saturated rings. The summed E-state index contributed by atoms with van der Waals surface area (Å²) in [4.78, 5) is 5.28. The van der Waals surface area contributed by atoms with E-state index < -0.39 is 0 Å². The first-order valence-electron chi connectivity index (χ1n) is 21.8. The second-order valence-corrected chi connectivity index (χ2v) is 19.0. The van der Waals surface area contributed by atoms with E-state index >= 15 is 0 Å². The summed E-state index contributed by atoms with van der Waals surface area (Å²) < 4.78 is 9.11. The molecule has 0 saturated heterocycles. The van der Waals surface area contributed by atoms with Crippen LogP contribution in [0.2, 0.25) is 0 Å². The minimum Gasteiger partial charge on any atom is -0.456 e. The van der Waals surface area contributed by atoms with E-state index in [-0.39, 0.29) is 12.1 Å². The number of benzene rings is 8. The molecule has 0 atom stereocenters. The molecule has 0 N–H and O–H groups in total. The lowest BCUT2D eigenvalue weighted by molar-refractivity contribution is 0.589. The van der Waals surface area contributed by atoms with Crippen molar-refractivity contribution in [2.24, 2.45) is 0 Å². The van der Waals surface area contributed by atoms with E-state index in [1.54, 1.807) is 0 Å². The summed E-state index contributed by atoms with van der Waals surface area (Å²) in [6.45, 7) is 9.39. The van der Waals surface area contributed by atoms with Gasteiger partial charge in [0.25, 0.3) is 0 Å². The molecule has 2 aliphatic heterocycles. The van der Waals surface area contributed by atoms with Crippen LogP contribution in [0.1, 0.15) is 51.7 Å². The molecule has 0 unspecified atom stereocenters. The second-order valence-electron chi connectivity index (χ2n) is 17.9. The molecule has 2 aliphatic rings. The quantitative estimate of drug-likeness (QED) is 0.156. The maximum atomic E-state index is 6.66. The number of rotatable bonds is 6. The van der Waals surface area contributed by atoms with Crippen molar-refractivity contribution >= 4 is 95.7 Å². The Balaban J connectivity index is 1.16. The van der Waals surface area contributed by atoms with Gasteiger partial charge in [0.05, 0.1) is 22.1 Å². The number of aryl methyl sites for hydroxylation is 1. The lowest BCUT2D eigenvalue weighted by Crippen LogP contribution is -2.60. The average molecular weight is 805 g/mol. The Morgan fingerprint density at radius 2 is 1.31 bits per heavy atom. The SMILES string of the molecule is CCCCc1ccc2oc3ccccc3c2c1N1c2ccc(-c3ccccc3)cc2B2c3ccc(-n4c5ccccc5c5ccccc54)cc3Sc3cc(C(C)(C)C)cc1c32. The Morgan fingerprint density at radius 1 is 0.590 bits per heavy atom. The highest BCUT2D eigenvalue weighted by Gasteiger charge is 2.43. The Morgan fingerprint density at radius 3 is 2.07 bits per heavy atom. The summed E-state index contributed by atoms with van der Waals surface area (Å²) in [5.74, 6) is 0. The van der Waals surface area contributed by atoms with Crippen LogP contribution in [0.25, 0.3) is 60.6 Å². The van der Waals surface area contributed by atoms with Crippen molar-refractivity contribution in [3.63, 3.8) is 0 Å². The summed E-state index contributed by atoms with van der Waals surface area (Å²) in [5, 5.41) is 4.91. The average Bonchev–Trinajstić information content (AvgIpc) is 3.84. The molecule has 0 saturated carbocycles. The molecule has 0 aliphatic carbocycles. The van der Waals surface area contributed by atoms with Crippen molar-refractivity contribution in [3.05, 3.63) is 175 Å². The molecule has 3 nitrogen and oxygen atoms in total. The van der Waals surface area contributed by atoms with Crippen LogP contribution < -0.4 is 21.3 Å². The van der Waals surface area contributed by atoms with Gasteiger partial charge in [-0.3, -0.25) is 0 Å². The normalized spacial score (nSPS) is 13.3. The minimum atomic E-state index is -0.0742. The molecule has 2 aromatic heterocycles. The maximum absolute atomic E-state index is 6.66. The third-order valence-electron chi connectivity index (χ3n) is 13.2. The first-order valence-corrected chi connectivity index (χ1v) is 22.6. The van der Waals surface area contributed by atoms with Gasteiger partial charge < -0.3 is 13.9 Å². The number of nitrogens with zero attached hydrogens (tertiary/aromatic N) is 2. The number of anilines is 3. The fraction of sp³-hybridized carbons (Fsp3) is 0.143. The van der Waals surface area contributed by atoms with Gasteiger partial charge in [-0.2, -0.15) is 0 Å². The Hall–Kier alpha value is -6.43. The largest absolute Gasteiger partial charge is 0.456 e. The van der Waals surface area contributed by atoms with Crippen molar-refractivity contribution < 1.29 is 4.42 Å². The van der Waals surface area contributed by atoms with Gasteiger partial charge in [0.1, 0.15) is 11.2 Å². The lowest BCUT2D eigenvalue weighted by atomic mass is 9.34. The van der Waals surface area contributed by atoms with Crippen LogP contribution in [-0.2, 0) is 11.8 Å². The summed E-state index contributed by atoms with van der Waals surface area (Å²) in [6, 6.07) is 61.1. The summed E-state index contributed by atoms with van der Waals surface area (Å²) in [6.07, 6.45) is 3.23. The molecular weight excluding hydrogens is 760 g/mol. The summed E-state index contributed by atoms with van der Waals surface area (Å²) >= 11 is 1.94. The van der Waals surface area contributed by atoms with Crippen LogP contribution in [0.4, 0.5) is 17.1 Å². The van der Waals surface area contributed by atoms with Crippen molar-refractivity contribution in [2.75, 3.05) is 4.90 Å². The fourth-order valence-corrected chi connectivity index (χ4v) is 11.5. The number of hydrogen-bond acceptors (Lipinski definition) is 3. The first-order chi connectivity index (χ1) is 29.9. The van der Waals surface area contributed by atoms with Gasteiger partial charge in [-0.05, 0) is 106 Å². The van der Waals surface area contributed by atoms with Crippen LogP contribution >= 0.6 is 11.8 Å². The zero-order valence-corrected chi connectivity index (χ0v) is 35.8. The van der Waals surface area contributed by atoms with Crippen molar-refractivity contribution in [3.8, 4) is 16.8 Å². The maximum Gasteiger partial charge on any atom is 0.249 e. The zero-order valence-electron chi connectivity index (χ0n) is 35.0. The number of unbranched alkanes of at least 4 members (excludes halogenated alkanes) is 1. The van der Waals surface area contributed by atoms with Crippen molar-refractivity contribution in [1.29, 1.82) is 0 Å². The lowest BCUT2D eigenvalue weighted by Gasteiger charge is -2.42. The van der Waals surface area contributed by atoms with Crippen LogP contribution in [0, 0.1) is 0 Å². The summed E-state index contributed by atoms with van der Waals surface area (Å²) in [7, 11) is 0. The van der Waals surface area contributed by atoms with Crippen molar-refractivity contribution in [1.82, 2.24) is 4.57 Å². The van der Waals surface area contributed by atoms with E-state index in [9.17, 15) is 0 Å². The van der Waals surface area contributed by atoms with E-state index in [0.29, 0.717) is 0 Å². The van der Waals surface area contributed by atoms with E-state index in [1.807, 2.05) is 11.8 Å². The highest BCUT2D eigenvalue weighted by Crippen LogP contribution is 2.49. The van der Waals surface area contributed by atoms with Crippen LogP contribution in [-0.4, -0.2) is 11.3 Å². The van der Waals surface area contributed by atoms with Crippen LogP contribution in [0.3, 0.4) is 0 Å². The molecule has 0 bridgehead atoms. The van der Waals surface area contributed by atoms with Gasteiger partial charge >= 0.3 is 0 Å². The van der Waals surface area contributed by atoms with Gasteiger partial charge in [-0.1, -0.05) is 161 Å². The van der Waals surface area contributed by atoms with Crippen LogP contribution in [0.5, 0.6) is 0 Å². The van der Waals surface area contributed by atoms with Gasteiger partial charge in [0.2, 0.25) is 6.71 Å². The molecule has 5 heteroatoms. The highest BCUT2D eigenvalue weighted by molar-refractivity contribution is 8.00. The number of para-hydroxylation sites is 3.